The second kappa shape index (κ2) is 10.6. The third-order valence-corrected chi connectivity index (χ3v) is 4.34. The lowest BCUT2D eigenvalue weighted by atomic mass is 9.99. The number of nitrogens with one attached hydrogen (secondary N) is 1. The highest BCUT2D eigenvalue weighted by molar-refractivity contribution is 14.0. The van der Waals surface area contributed by atoms with Crippen molar-refractivity contribution < 1.29 is 27.4 Å². The van der Waals surface area contributed by atoms with Crippen molar-refractivity contribution in [1.82, 2.24) is 10.2 Å². The molecule has 2 rings (SSSR count). The predicted molar refractivity (Wildman–Crippen MR) is 105 cm³/mol. The van der Waals surface area contributed by atoms with E-state index >= 15 is 0 Å². The lowest BCUT2D eigenvalue weighted by molar-refractivity contribution is -0.146. The van der Waals surface area contributed by atoms with Gasteiger partial charge in [-0.05, 0) is 18.1 Å². The van der Waals surface area contributed by atoms with E-state index in [4.69, 9.17) is 4.74 Å². The molecule has 1 N–H and O–H groups in total. The number of carbonyl (C=O) groups excluding carboxylic acids is 1. The summed E-state index contributed by atoms with van der Waals surface area (Å²) in [6.07, 6.45) is 0. The molecule has 1 fully saturated rings. The molecule has 1 aromatic carbocycles. The monoisotopic (exact) mass is 501 g/mol. The Morgan fingerprint density at radius 1 is 1.41 bits per heavy atom. The number of nitrogens with zero attached hydrogens (tertiary/aromatic N) is 2. The molecule has 0 spiro atoms. The second-order valence-electron chi connectivity index (χ2n) is 6.01. The van der Waals surface area contributed by atoms with Gasteiger partial charge in [-0.3, -0.25) is 9.79 Å². The molecule has 10 heteroatoms. The number of carbonyl (C=O) groups is 1. The zero-order valence-electron chi connectivity index (χ0n) is 15.2. The summed E-state index contributed by atoms with van der Waals surface area (Å²) >= 11 is 0. The fourth-order valence-corrected chi connectivity index (χ4v) is 3.01. The fraction of sp³-hybridized carbons (Fsp3) is 0.529. The molecular formula is C17H23F3IN3O3. The largest absolute Gasteiger partial charge is 0.469 e. The first-order chi connectivity index (χ1) is 12.4. The third-order valence-electron chi connectivity index (χ3n) is 4.34. The van der Waals surface area contributed by atoms with Crippen LogP contribution in [0.2, 0.25) is 0 Å². The minimum absolute atomic E-state index is 0. The number of halogens is 4. The van der Waals surface area contributed by atoms with Gasteiger partial charge in [0, 0.05) is 32.2 Å². The third kappa shape index (κ3) is 5.88. The molecule has 1 aliphatic heterocycles. The van der Waals surface area contributed by atoms with Crippen LogP contribution in [0.3, 0.4) is 0 Å². The van der Waals surface area contributed by atoms with E-state index in [-0.39, 0.29) is 59.6 Å². The summed E-state index contributed by atoms with van der Waals surface area (Å²) in [6, 6.07) is 3.75. The molecule has 152 valence electrons. The molecule has 1 aliphatic rings. The Balaban J connectivity index is 0.00000364. The average molecular weight is 501 g/mol. The van der Waals surface area contributed by atoms with Gasteiger partial charge >= 0.3 is 12.6 Å². The van der Waals surface area contributed by atoms with Crippen molar-refractivity contribution in [3.63, 3.8) is 0 Å². The van der Waals surface area contributed by atoms with Crippen molar-refractivity contribution in [3.8, 4) is 5.75 Å². The van der Waals surface area contributed by atoms with E-state index in [0.29, 0.717) is 19.0 Å². The summed E-state index contributed by atoms with van der Waals surface area (Å²) < 4.78 is 48.2. The van der Waals surface area contributed by atoms with Crippen molar-refractivity contribution in [2.45, 2.75) is 20.1 Å². The van der Waals surface area contributed by atoms with Crippen LogP contribution in [0.4, 0.5) is 13.2 Å². The van der Waals surface area contributed by atoms with Gasteiger partial charge in [-0.1, -0.05) is 13.0 Å². The molecule has 0 amide bonds. The van der Waals surface area contributed by atoms with Crippen LogP contribution in [-0.4, -0.2) is 50.7 Å². The molecule has 0 aliphatic carbocycles. The quantitative estimate of drug-likeness (QED) is 0.291. The first-order valence-electron chi connectivity index (χ1n) is 8.13. The maximum absolute atomic E-state index is 14.0. The fourth-order valence-electron chi connectivity index (χ4n) is 3.01. The van der Waals surface area contributed by atoms with Crippen LogP contribution in [0.25, 0.3) is 0 Å². The number of esters is 1. The second-order valence-corrected chi connectivity index (χ2v) is 6.01. The number of methoxy groups -OCH3 is 1. The van der Waals surface area contributed by atoms with Crippen molar-refractivity contribution >= 4 is 35.9 Å². The molecule has 1 heterocycles. The Labute approximate surface area is 173 Å². The van der Waals surface area contributed by atoms with Crippen LogP contribution in [0, 0.1) is 17.7 Å². The number of alkyl halides is 2. The van der Waals surface area contributed by atoms with Gasteiger partial charge < -0.3 is 19.7 Å². The highest BCUT2D eigenvalue weighted by Gasteiger charge is 2.36. The van der Waals surface area contributed by atoms with Gasteiger partial charge in [0.15, 0.2) is 5.96 Å². The van der Waals surface area contributed by atoms with Crippen LogP contribution in [0.15, 0.2) is 23.2 Å². The van der Waals surface area contributed by atoms with E-state index in [1.165, 1.54) is 25.3 Å². The minimum Gasteiger partial charge on any atom is -0.469 e. The number of likely N-dealkylation sites (tertiary alicyclic amines) is 1. The highest BCUT2D eigenvalue weighted by Crippen LogP contribution is 2.25. The molecule has 0 bridgehead atoms. The molecule has 27 heavy (non-hydrogen) atoms. The zero-order chi connectivity index (χ0) is 19.3. The van der Waals surface area contributed by atoms with Gasteiger partial charge in [0.1, 0.15) is 11.6 Å². The maximum Gasteiger partial charge on any atom is 0.387 e. The number of rotatable bonds is 5. The molecule has 0 radical (unpaired) electrons. The van der Waals surface area contributed by atoms with Crippen molar-refractivity contribution in [1.29, 1.82) is 0 Å². The van der Waals surface area contributed by atoms with E-state index in [2.05, 4.69) is 15.0 Å². The molecule has 2 atom stereocenters. The van der Waals surface area contributed by atoms with Gasteiger partial charge in [-0.25, -0.2) is 4.39 Å². The summed E-state index contributed by atoms with van der Waals surface area (Å²) in [7, 11) is 2.89. The van der Waals surface area contributed by atoms with E-state index in [0.717, 1.165) is 0 Å². The number of hydrogen-bond donors (Lipinski definition) is 1. The number of aliphatic imine (C=N–C) groups is 1. The minimum atomic E-state index is -3.05. The normalized spacial score (nSPS) is 19.7. The average Bonchev–Trinajstić information content (AvgIpc) is 2.98. The van der Waals surface area contributed by atoms with Crippen LogP contribution in [0.5, 0.6) is 5.75 Å². The van der Waals surface area contributed by atoms with E-state index in [9.17, 15) is 18.0 Å². The summed E-state index contributed by atoms with van der Waals surface area (Å²) in [4.78, 5) is 17.8. The maximum atomic E-state index is 14.0. The lowest BCUT2D eigenvalue weighted by Crippen LogP contribution is -2.40. The first-order valence-corrected chi connectivity index (χ1v) is 8.13. The lowest BCUT2D eigenvalue weighted by Gasteiger charge is -2.22. The first kappa shape index (κ1) is 23.3. The molecule has 0 aromatic heterocycles. The summed E-state index contributed by atoms with van der Waals surface area (Å²) in [5.41, 5.74) is -0.0225. The van der Waals surface area contributed by atoms with E-state index in [1.54, 1.807) is 7.05 Å². The molecule has 1 aromatic rings. The Morgan fingerprint density at radius 3 is 2.70 bits per heavy atom. The van der Waals surface area contributed by atoms with Crippen molar-refractivity contribution in [2.75, 3.05) is 27.2 Å². The van der Waals surface area contributed by atoms with Gasteiger partial charge in [-0.15, -0.1) is 24.0 Å². The molecule has 2 unspecified atom stereocenters. The van der Waals surface area contributed by atoms with E-state index < -0.39 is 12.4 Å². The van der Waals surface area contributed by atoms with Crippen LogP contribution < -0.4 is 10.1 Å². The van der Waals surface area contributed by atoms with E-state index in [1.807, 2.05) is 11.8 Å². The standard InChI is InChI=1S/C17H22F3N3O3.HI/c1-10-8-23(9-12(10)15(24)25-3)17(21-2)22-7-11-13(18)5-4-6-14(11)26-16(19)20;/h4-6,10,12,16H,7-9H2,1-3H3,(H,21,22);1H. The molecule has 0 saturated carbocycles. The van der Waals surface area contributed by atoms with Gasteiger partial charge in [0.05, 0.1) is 13.0 Å². The van der Waals surface area contributed by atoms with Crippen molar-refractivity contribution in [2.24, 2.45) is 16.8 Å². The van der Waals surface area contributed by atoms with Gasteiger partial charge in [0.25, 0.3) is 0 Å². The molecule has 1 saturated heterocycles. The number of ether oxygens (including phenoxy) is 2. The van der Waals surface area contributed by atoms with Crippen molar-refractivity contribution in [3.05, 3.63) is 29.6 Å². The smallest absolute Gasteiger partial charge is 0.387 e. The number of benzene rings is 1. The molecular weight excluding hydrogens is 478 g/mol. The molecule has 6 nitrogen and oxygen atoms in total. The summed E-state index contributed by atoms with van der Waals surface area (Å²) in [5, 5.41) is 2.94. The number of hydrogen-bond acceptors (Lipinski definition) is 4. The Bertz CT molecular complexity index is 676. The zero-order valence-corrected chi connectivity index (χ0v) is 17.6. The summed E-state index contributed by atoms with van der Waals surface area (Å²) in [5.74, 6) is -0.970. The Kier molecular flexibility index (Phi) is 9.13. The Morgan fingerprint density at radius 2 is 2.11 bits per heavy atom. The SMILES string of the molecule is CN=C(NCc1c(F)cccc1OC(F)F)N1CC(C)C(C(=O)OC)C1.I. The van der Waals surface area contributed by atoms with Crippen LogP contribution in [0.1, 0.15) is 12.5 Å². The Hall–Kier alpha value is -1.72. The van der Waals surface area contributed by atoms with Crippen LogP contribution in [-0.2, 0) is 16.1 Å². The topological polar surface area (TPSA) is 63.2 Å². The number of guanidine groups is 1. The van der Waals surface area contributed by atoms with Gasteiger partial charge in [-0.2, -0.15) is 8.78 Å². The summed E-state index contributed by atoms with van der Waals surface area (Å²) in [6.45, 7) is -0.229. The van der Waals surface area contributed by atoms with Gasteiger partial charge in [0.2, 0.25) is 0 Å². The van der Waals surface area contributed by atoms with Crippen LogP contribution >= 0.6 is 24.0 Å². The predicted octanol–water partition coefficient (Wildman–Crippen LogP) is 2.86. The highest BCUT2D eigenvalue weighted by atomic mass is 127.